The van der Waals surface area contributed by atoms with E-state index in [2.05, 4.69) is 0 Å². The van der Waals surface area contributed by atoms with Crippen LogP contribution in [0.15, 0.2) is 29.2 Å². The van der Waals surface area contributed by atoms with Crippen molar-refractivity contribution in [1.82, 2.24) is 0 Å². The largest absolute Gasteiger partial charge is 0.376 e. The summed E-state index contributed by atoms with van der Waals surface area (Å²) in [4.78, 5) is 0.183. The van der Waals surface area contributed by atoms with Gasteiger partial charge in [0.2, 0.25) is 0 Å². The molecule has 2 saturated heterocycles. The summed E-state index contributed by atoms with van der Waals surface area (Å²) in [6, 6.07) is 6.62. The van der Waals surface area contributed by atoms with Crippen LogP contribution in [-0.2, 0) is 23.8 Å². The molecule has 2 aliphatic rings. The van der Waals surface area contributed by atoms with Crippen molar-refractivity contribution < 1.29 is 22.1 Å². The zero-order chi connectivity index (χ0) is 15.6. The van der Waals surface area contributed by atoms with Crippen LogP contribution >= 0.6 is 0 Å². The lowest BCUT2D eigenvalue weighted by Crippen LogP contribution is -2.31. The molecule has 0 aromatic heterocycles. The molecule has 22 heavy (non-hydrogen) atoms. The zero-order valence-electron chi connectivity index (χ0n) is 12.7. The summed E-state index contributed by atoms with van der Waals surface area (Å²) in [5.74, 6) is 0. The second-order valence-electron chi connectivity index (χ2n) is 6.01. The Morgan fingerprint density at radius 1 is 1.09 bits per heavy atom. The standard InChI is InChI=1S/C16H22O5S/c1-12-2-6-16(7-3-12)22(17,18)20-9-8-19-15-10-13-4-5-14(11-15)21-13/h2-3,6-7,13-15H,4-5,8-11H2,1H3. The first-order valence-corrected chi connectivity index (χ1v) is 9.17. The molecule has 2 bridgehead atoms. The summed E-state index contributed by atoms with van der Waals surface area (Å²) in [5, 5.41) is 0. The fourth-order valence-electron chi connectivity index (χ4n) is 3.08. The number of hydrogen-bond donors (Lipinski definition) is 0. The molecule has 0 saturated carbocycles. The van der Waals surface area contributed by atoms with Crippen LogP contribution < -0.4 is 0 Å². The van der Waals surface area contributed by atoms with Crippen LogP contribution in [0.25, 0.3) is 0 Å². The third kappa shape index (κ3) is 3.87. The minimum Gasteiger partial charge on any atom is -0.376 e. The number of hydrogen-bond acceptors (Lipinski definition) is 5. The lowest BCUT2D eigenvalue weighted by atomic mass is 10.1. The smallest absolute Gasteiger partial charge is 0.297 e. The van der Waals surface area contributed by atoms with Crippen molar-refractivity contribution in [2.24, 2.45) is 0 Å². The van der Waals surface area contributed by atoms with Crippen LogP contribution in [0.3, 0.4) is 0 Å². The van der Waals surface area contributed by atoms with Crippen LogP contribution in [-0.4, -0.2) is 39.9 Å². The van der Waals surface area contributed by atoms with Crippen molar-refractivity contribution in [1.29, 1.82) is 0 Å². The fraction of sp³-hybridized carbons (Fsp3) is 0.625. The van der Waals surface area contributed by atoms with E-state index in [1.54, 1.807) is 24.3 Å². The maximum Gasteiger partial charge on any atom is 0.297 e. The molecule has 3 rings (SSSR count). The number of aryl methyl sites for hydroxylation is 1. The molecule has 0 aliphatic carbocycles. The molecule has 0 N–H and O–H groups in total. The van der Waals surface area contributed by atoms with E-state index in [9.17, 15) is 8.42 Å². The number of rotatable bonds is 6. The van der Waals surface area contributed by atoms with Gasteiger partial charge in [-0.3, -0.25) is 4.18 Å². The summed E-state index contributed by atoms with van der Waals surface area (Å²) < 4.78 is 40.5. The lowest BCUT2D eigenvalue weighted by molar-refractivity contribution is -0.0833. The molecule has 5 nitrogen and oxygen atoms in total. The molecule has 2 aliphatic heterocycles. The van der Waals surface area contributed by atoms with E-state index in [4.69, 9.17) is 13.7 Å². The molecule has 122 valence electrons. The summed E-state index contributed by atoms with van der Waals surface area (Å²) in [6.45, 7) is 2.24. The van der Waals surface area contributed by atoms with Gasteiger partial charge < -0.3 is 9.47 Å². The molecule has 0 amide bonds. The van der Waals surface area contributed by atoms with E-state index in [0.717, 1.165) is 31.2 Å². The van der Waals surface area contributed by atoms with Gasteiger partial charge in [-0.25, -0.2) is 0 Å². The summed E-state index contributed by atoms with van der Waals surface area (Å²) >= 11 is 0. The zero-order valence-corrected chi connectivity index (χ0v) is 13.6. The second kappa shape index (κ2) is 6.66. The topological polar surface area (TPSA) is 61.8 Å². The van der Waals surface area contributed by atoms with E-state index in [0.29, 0.717) is 12.2 Å². The second-order valence-corrected chi connectivity index (χ2v) is 7.63. The molecular formula is C16H22O5S. The summed E-state index contributed by atoms with van der Waals surface area (Å²) in [5.41, 5.74) is 1.01. The molecule has 0 radical (unpaired) electrons. The Labute approximate surface area is 131 Å². The van der Waals surface area contributed by atoms with Gasteiger partial charge in [0.05, 0.1) is 36.4 Å². The van der Waals surface area contributed by atoms with Crippen LogP contribution in [0.5, 0.6) is 0 Å². The maximum absolute atomic E-state index is 12.0. The maximum atomic E-state index is 12.0. The van der Waals surface area contributed by atoms with E-state index in [1.165, 1.54) is 0 Å². The van der Waals surface area contributed by atoms with E-state index < -0.39 is 10.1 Å². The van der Waals surface area contributed by atoms with Gasteiger partial charge in [0.1, 0.15) is 0 Å². The Hall–Kier alpha value is -0.950. The molecule has 1 aromatic rings. The van der Waals surface area contributed by atoms with E-state index >= 15 is 0 Å². The van der Waals surface area contributed by atoms with Gasteiger partial charge in [0.25, 0.3) is 10.1 Å². The highest BCUT2D eigenvalue weighted by atomic mass is 32.2. The van der Waals surface area contributed by atoms with Gasteiger partial charge in [0.15, 0.2) is 0 Å². The number of ether oxygens (including phenoxy) is 2. The highest BCUT2D eigenvalue weighted by molar-refractivity contribution is 7.86. The molecule has 2 atom stereocenters. The summed E-state index contributed by atoms with van der Waals surface area (Å²) in [6.07, 6.45) is 4.84. The molecule has 1 aromatic carbocycles. The lowest BCUT2D eigenvalue weighted by Gasteiger charge is -2.28. The average Bonchev–Trinajstić information content (AvgIpc) is 2.83. The van der Waals surface area contributed by atoms with Crippen molar-refractivity contribution in [3.63, 3.8) is 0 Å². The van der Waals surface area contributed by atoms with Gasteiger partial charge in [-0.05, 0) is 44.7 Å². The highest BCUT2D eigenvalue weighted by Crippen LogP contribution is 2.33. The quantitative estimate of drug-likeness (QED) is 0.593. The van der Waals surface area contributed by atoms with Crippen molar-refractivity contribution in [2.75, 3.05) is 13.2 Å². The molecule has 2 fully saturated rings. The molecule has 2 heterocycles. The molecule has 6 heteroatoms. The van der Waals surface area contributed by atoms with Crippen molar-refractivity contribution in [3.05, 3.63) is 29.8 Å². The number of benzene rings is 1. The monoisotopic (exact) mass is 326 g/mol. The SMILES string of the molecule is Cc1ccc(S(=O)(=O)OCCOC2CC3CCC(C2)O3)cc1. The number of fused-ring (bicyclic) bond motifs is 2. The first-order chi connectivity index (χ1) is 10.5. The predicted octanol–water partition coefficient (Wildman–Crippen LogP) is 2.43. The third-order valence-corrected chi connectivity index (χ3v) is 5.56. The van der Waals surface area contributed by atoms with E-state index in [-0.39, 0.29) is 24.2 Å². The Kier molecular flexibility index (Phi) is 4.82. The van der Waals surface area contributed by atoms with Crippen LogP contribution in [0, 0.1) is 6.92 Å². The van der Waals surface area contributed by atoms with Gasteiger partial charge in [-0.1, -0.05) is 17.7 Å². The normalized spacial score (nSPS) is 28.0. The Morgan fingerprint density at radius 2 is 1.73 bits per heavy atom. The summed E-state index contributed by atoms with van der Waals surface area (Å²) in [7, 11) is -3.69. The minimum atomic E-state index is -3.69. The van der Waals surface area contributed by atoms with Gasteiger partial charge in [-0.2, -0.15) is 8.42 Å². The third-order valence-electron chi connectivity index (χ3n) is 4.23. The minimum absolute atomic E-state index is 0.0445. The van der Waals surface area contributed by atoms with Crippen LogP contribution in [0.4, 0.5) is 0 Å². The van der Waals surface area contributed by atoms with Crippen LogP contribution in [0.2, 0.25) is 0 Å². The van der Waals surface area contributed by atoms with Gasteiger partial charge in [-0.15, -0.1) is 0 Å². The molecule has 2 unspecified atom stereocenters. The fourth-order valence-corrected chi connectivity index (χ4v) is 3.97. The first-order valence-electron chi connectivity index (χ1n) is 7.76. The Bertz CT molecular complexity index is 583. The van der Waals surface area contributed by atoms with Crippen LogP contribution in [0.1, 0.15) is 31.2 Å². The Morgan fingerprint density at radius 3 is 2.36 bits per heavy atom. The predicted molar refractivity (Wildman–Crippen MR) is 81.2 cm³/mol. The highest BCUT2D eigenvalue weighted by Gasteiger charge is 2.35. The average molecular weight is 326 g/mol. The van der Waals surface area contributed by atoms with E-state index in [1.807, 2.05) is 6.92 Å². The van der Waals surface area contributed by atoms with Crippen molar-refractivity contribution in [2.45, 2.75) is 55.8 Å². The first kappa shape index (κ1) is 15.9. The van der Waals surface area contributed by atoms with Gasteiger partial charge >= 0.3 is 0 Å². The van der Waals surface area contributed by atoms with Crippen molar-refractivity contribution in [3.8, 4) is 0 Å². The molecular weight excluding hydrogens is 304 g/mol. The van der Waals surface area contributed by atoms with Gasteiger partial charge in [0, 0.05) is 0 Å². The Balaban J connectivity index is 1.43. The van der Waals surface area contributed by atoms with Crippen molar-refractivity contribution >= 4 is 10.1 Å². The molecule has 0 spiro atoms.